The predicted molar refractivity (Wildman–Crippen MR) is 70.1 cm³/mol. The highest BCUT2D eigenvalue weighted by molar-refractivity contribution is 5.80. The van der Waals surface area contributed by atoms with E-state index in [4.69, 9.17) is 4.74 Å². The molecule has 1 rings (SSSR count). The first-order valence-electron chi connectivity index (χ1n) is 6.27. The lowest BCUT2D eigenvalue weighted by Gasteiger charge is -2.14. The van der Waals surface area contributed by atoms with Crippen LogP contribution in [0.3, 0.4) is 0 Å². The third-order valence-electron chi connectivity index (χ3n) is 2.69. The lowest BCUT2D eigenvalue weighted by Crippen LogP contribution is -2.35. The molecule has 18 heavy (non-hydrogen) atoms. The van der Waals surface area contributed by atoms with Crippen molar-refractivity contribution in [2.45, 2.75) is 32.5 Å². The van der Waals surface area contributed by atoms with E-state index in [2.05, 4.69) is 5.32 Å². The molecule has 0 radical (unpaired) electrons. The average molecular weight is 251 g/mol. The Morgan fingerprint density at radius 1 is 1.39 bits per heavy atom. The van der Waals surface area contributed by atoms with Crippen LogP contribution in [0.25, 0.3) is 0 Å². The fraction of sp³-hybridized carbons (Fsp3) is 0.500. The van der Waals surface area contributed by atoms with Gasteiger partial charge in [-0.25, -0.2) is 0 Å². The van der Waals surface area contributed by atoms with E-state index in [0.29, 0.717) is 19.6 Å². The number of hydrogen-bond acceptors (Lipinski definition) is 3. The molecule has 1 aromatic rings. The van der Waals surface area contributed by atoms with Crippen LogP contribution in [-0.2, 0) is 9.53 Å². The minimum Gasteiger partial charge on any atom is -0.388 e. The summed E-state index contributed by atoms with van der Waals surface area (Å²) in [7, 11) is 0. The third kappa shape index (κ3) is 4.85. The molecule has 0 fully saturated rings. The Labute approximate surface area is 108 Å². The normalized spacial score (nSPS) is 13.9. The molecule has 1 aromatic carbocycles. The summed E-state index contributed by atoms with van der Waals surface area (Å²) in [5.41, 5.74) is 0.865. The van der Waals surface area contributed by atoms with Crippen molar-refractivity contribution in [2.24, 2.45) is 0 Å². The van der Waals surface area contributed by atoms with Crippen molar-refractivity contribution < 1.29 is 14.6 Å². The third-order valence-corrected chi connectivity index (χ3v) is 2.69. The van der Waals surface area contributed by atoms with Gasteiger partial charge in [0, 0.05) is 13.2 Å². The second kappa shape index (κ2) is 7.84. The summed E-state index contributed by atoms with van der Waals surface area (Å²) in [5.74, 6) is -0.142. The SMILES string of the molecule is CCOC(C)C(=O)NCCC(O)c1ccccc1. The number of hydrogen-bond donors (Lipinski definition) is 2. The molecule has 4 nitrogen and oxygen atoms in total. The van der Waals surface area contributed by atoms with Crippen molar-refractivity contribution in [2.75, 3.05) is 13.2 Å². The number of nitrogens with one attached hydrogen (secondary N) is 1. The number of aliphatic hydroxyl groups excluding tert-OH is 1. The van der Waals surface area contributed by atoms with Gasteiger partial charge in [0.1, 0.15) is 6.10 Å². The molecule has 0 heterocycles. The second-order valence-corrected chi connectivity index (χ2v) is 4.10. The van der Waals surface area contributed by atoms with Crippen LogP contribution in [-0.4, -0.2) is 30.3 Å². The highest BCUT2D eigenvalue weighted by atomic mass is 16.5. The van der Waals surface area contributed by atoms with Gasteiger partial charge >= 0.3 is 0 Å². The number of ether oxygens (including phenoxy) is 1. The average Bonchev–Trinajstić information content (AvgIpc) is 2.39. The van der Waals surface area contributed by atoms with Crippen molar-refractivity contribution >= 4 is 5.91 Å². The van der Waals surface area contributed by atoms with Crippen LogP contribution in [0, 0.1) is 0 Å². The Hall–Kier alpha value is -1.39. The number of carbonyl (C=O) groups excluding carboxylic acids is 1. The largest absolute Gasteiger partial charge is 0.388 e. The highest BCUT2D eigenvalue weighted by Gasteiger charge is 2.13. The summed E-state index contributed by atoms with van der Waals surface area (Å²) >= 11 is 0. The van der Waals surface area contributed by atoms with Gasteiger partial charge < -0.3 is 15.2 Å². The number of amides is 1. The fourth-order valence-electron chi connectivity index (χ4n) is 1.64. The lowest BCUT2D eigenvalue weighted by atomic mass is 10.1. The van der Waals surface area contributed by atoms with E-state index in [1.807, 2.05) is 37.3 Å². The number of rotatable bonds is 7. The van der Waals surface area contributed by atoms with Crippen LogP contribution in [0.2, 0.25) is 0 Å². The van der Waals surface area contributed by atoms with Crippen molar-refractivity contribution in [3.05, 3.63) is 35.9 Å². The summed E-state index contributed by atoms with van der Waals surface area (Å²) in [6.07, 6.45) is -0.494. The van der Waals surface area contributed by atoms with Gasteiger partial charge in [-0.3, -0.25) is 4.79 Å². The topological polar surface area (TPSA) is 58.6 Å². The molecule has 2 N–H and O–H groups in total. The van der Waals surface area contributed by atoms with E-state index < -0.39 is 12.2 Å². The summed E-state index contributed by atoms with van der Waals surface area (Å²) in [4.78, 5) is 11.5. The van der Waals surface area contributed by atoms with Crippen molar-refractivity contribution in [3.8, 4) is 0 Å². The Balaban J connectivity index is 2.27. The summed E-state index contributed by atoms with van der Waals surface area (Å²) < 4.78 is 5.17. The molecule has 100 valence electrons. The second-order valence-electron chi connectivity index (χ2n) is 4.10. The number of aliphatic hydroxyl groups is 1. The quantitative estimate of drug-likeness (QED) is 0.774. The zero-order valence-corrected chi connectivity index (χ0v) is 10.9. The molecule has 0 aliphatic carbocycles. The van der Waals surface area contributed by atoms with Gasteiger partial charge in [0.2, 0.25) is 5.91 Å². The van der Waals surface area contributed by atoms with Crippen LogP contribution in [0.5, 0.6) is 0 Å². The fourth-order valence-corrected chi connectivity index (χ4v) is 1.64. The smallest absolute Gasteiger partial charge is 0.248 e. The van der Waals surface area contributed by atoms with E-state index in [-0.39, 0.29) is 5.91 Å². The van der Waals surface area contributed by atoms with E-state index in [0.717, 1.165) is 5.56 Å². The molecule has 0 aliphatic rings. The molecule has 2 atom stereocenters. The first-order chi connectivity index (χ1) is 8.65. The molecular weight excluding hydrogens is 230 g/mol. The Bertz CT molecular complexity index is 353. The summed E-state index contributed by atoms with van der Waals surface area (Å²) in [6.45, 7) is 4.52. The van der Waals surface area contributed by atoms with Gasteiger partial charge in [0.15, 0.2) is 0 Å². The molecule has 4 heteroatoms. The van der Waals surface area contributed by atoms with Gasteiger partial charge in [-0.15, -0.1) is 0 Å². The van der Waals surface area contributed by atoms with Crippen molar-refractivity contribution in [3.63, 3.8) is 0 Å². The predicted octanol–water partition coefficient (Wildman–Crippen LogP) is 1.65. The highest BCUT2D eigenvalue weighted by Crippen LogP contribution is 2.14. The molecule has 0 aliphatic heterocycles. The maximum atomic E-state index is 11.5. The molecule has 1 amide bonds. The maximum Gasteiger partial charge on any atom is 0.248 e. The van der Waals surface area contributed by atoms with Crippen LogP contribution in [0.15, 0.2) is 30.3 Å². The van der Waals surface area contributed by atoms with Gasteiger partial charge in [0.05, 0.1) is 6.10 Å². The molecule has 0 saturated heterocycles. The Morgan fingerprint density at radius 2 is 2.06 bits per heavy atom. The van der Waals surface area contributed by atoms with E-state index in [1.165, 1.54) is 0 Å². The number of carbonyl (C=O) groups is 1. The molecule has 0 spiro atoms. The summed E-state index contributed by atoms with van der Waals surface area (Å²) in [5, 5.41) is 12.6. The van der Waals surface area contributed by atoms with Crippen LogP contribution in [0.4, 0.5) is 0 Å². The number of benzene rings is 1. The Morgan fingerprint density at radius 3 is 2.67 bits per heavy atom. The zero-order valence-electron chi connectivity index (χ0n) is 10.9. The van der Waals surface area contributed by atoms with E-state index >= 15 is 0 Å². The van der Waals surface area contributed by atoms with Gasteiger partial charge in [-0.1, -0.05) is 30.3 Å². The minimum absolute atomic E-state index is 0.142. The standard InChI is InChI=1S/C14H21NO3/c1-3-18-11(2)14(17)15-10-9-13(16)12-7-5-4-6-8-12/h4-8,11,13,16H,3,9-10H2,1-2H3,(H,15,17). The molecule has 0 bridgehead atoms. The monoisotopic (exact) mass is 251 g/mol. The van der Waals surface area contributed by atoms with Crippen LogP contribution < -0.4 is 5.32 Å². The zero-order chi connectivity index (χ0) is 13.4. The maximum absolute atomic E-state index is 11.5. The molecule has 2 unspecified atom stereocenters. The molecule has 0 aromatic heterocycles. The summed E-state index contributed by atoms with van der Waals surface area (Å²) in [6, 6.07) is 9.41. The minimum atomic E-state index is -0.547. The van der Waals surface area contributed by atoms with Gasteiger partial charge in [0.25, 0.3) is 0 Å². The lowest BCUT2D eigenvalue weighted by molar-refractivity contribution is -0.131. The Kier molecular flexibility index (Phi) is 6.39. The molecule has 0 saturated carbocycles. The van der Waals surface area contributed by atoms with Crippen LogP contribution in [0.1, 0.15) is 31.9 Å². The van der Waals surface area contributed by atoms with Gasteiger partial charge in [-0.2, -0.15) is 0 Å². The van der Waals surface area contributed by atoms with Gasteiger partial charge in [-0.05, 0) is 25.8 Å². The first kappa shape index (κ1) is 14.7. The van der Waals surface area contributed by atoms with E-state index in [1.54, 1.807) is 6.92 Å². The van der Waals surface area contributed by atoms with Crippen molar-refractivity contribution in [1.82, 2.24) is 5.32 Å². The van der Waals surface area contributed by atoms with E-state index in [9.17, 15) is 9.90 Å². The van der Waals surface area contributed by atoms with Crippen molar-refractivity contribution in [1.29, 1.82) is 0 Å². The first-order valence-corrected chi connectivity index (χ1v) is 6.27. The van der Waals surface area contributed by atoms with Crippen LogP contribution >= 0.6 is 0 Å². The molecular formula is C14H21NO3.